The second-order valence-corrected chi connectivity index (χ2v) is 6.02. The molecule has 1 atom stereocenters. The highest BCUT2D eigenvalue weighted by atomic mass is 16.6. The molecule has 3 rings (SSSR count). The van der Waals surface area contributed by atoms with E-state index in [4.69, 9.17) is 4.74 Å². The van der Waals surface area contributed by atoms with Crippen molar-refractivity contribution in [3.63, 3.8) is 0 Å². The number of nitrogens with one attached hydrogen (secondary N) is 2. The third kappa shape index (κ3) is 3.34. The van der Waals surface area contributed by atoms with Gasteiger partial charge >= 0.3 is 0 Å². The molecule has 2 N–H and O–H groups in total. The van der Waals surface area contributed by atoms with Crippen LogP contribution < -0.4 is 15.4 Å². The third-order valence-electron chi connectivity index (χ3n) is 4.15. The maximum Gasteiger partial charge on any atom is 0.285 e. The van der Waals surface area contributed by atoms with Gasteiger partial charge in [0.2, 0.25) is 0 Å². The van der Waals surface area contributed by atoms with E-state index >= 15 is 0 Å². The Morgan fingerprint density at radius 2 is 2.12 bits per heavy atom. The van der Waals surface area contributed by atoms with Gasteiger partial charge in [-0.05, 0) is 37.6 Å². The molecule has 1 heterocycles. The van der Waals surface area contributed by atoms with Gasteiger partial charge in [0.15, 0.2) is 6.61 Å². The summed E-state index contributed by atoms with van der Waals surface area (Å²) in [5.74, 6) is -0.228. The molecule has 1 aliphatic heterocycles. The van der Waals surface area contributed by atoms with Crippen LogP contribution in [0, 0.1) is 17.0 Å². The second-order valence-electron chi connectivity index (χ2n) is 6.02. The largest absolute Gasteiger partial charge is 0.482 e. The van der Waals surface area contributed by atoms with Crippen molar-refractivity contribution in [1.29, 1.82) is 0 Å². The predicted octanol–water partition coefficient (Wildman–Crippen LogP) is 2.73. The van der Waals surface area contributed by atoms with Crippen molar-refractivity contribution < 1.29 is 19.2 Å². The highest BCUT2D eigenvalue weighted by Crippen LogP contribution is 2.31. The summed E-state index contributed by atoms with van der Waals surface area (Å²) in [6, 6.07) is 9.38. The van der Waals surface area contributed by atoms with Crippen LogP contribution in [-0.2, 0) is 4.79 Å². The van der Waals surface area contributed by atoms with Crippen LogP contribution in [0.5, 0.6) is 5.75 Å². The summed E-state index contributed by atoms with van der Waals surface area (Å²) in [7, 11) is 0. The maximum atomic E-state index is 12.5. The Bertz CT molecular complexity index is 910. The van der Waals surface area contributed by atoms with Gasteiger partial charge in [0, 0.05) is 5.56 Å². The number of fused-ring (bicyclic) bond motifs is 1. The lowest BCUT2D eigenvalue weighted by Crippen LogP contribution is -2.28. The molecule has 2 aromatic carbocycles. The van der Waals surface area contributed by atoms with Gasteiger partial charge in [-0.3, -0.25) is 19.7 Å². The Balaban J connectivity index is 1.83. The lowest BCUT2D eigenvalue weighted by molar-refractivity contribution is -0.385. The molecule has 0 saturated heterocycles. The van der Waals surface area contributed by atoms with E-state index in [9.17, 15) is 19.7 Å². The van der Waals surface area contributed by atoms with Crippen molar-refractivity contribution in [1.82, 2.24) is 5.32 Å². The van der Waals surface area contributed by atoms with Gasteiger partial charge in [-0.2, -0.15) is 0 Å². The zero-order valence-electron chi connectivity index (χ0n) is 14.2. The van der Waals surface area contributed by atoms with E-state index in [1.807, 2.05) is 0 Å². The Morgan fingerprint density at radius 3 is 2.85 bits per heavy atom. The van der Waals surface area contributed by atoms with Crippen molar-refractivity contribution >= 4 is 23.2 Å². The molecule has 2 aromatic rings. The van der Waals surface area contributed by atoms with Crippen LogP contribution >= 0.6 is 0 Å². The van der Waals surface area contributed by atoms with Crippen LogP contribution in [0.4, 0.5) is 11.4 Å². The molecule has 0 aliphatic carbocycles. The molecule has 0 saturated carbocycles. The number of anilines is 1. The molecule has 0 radical (unpaired) electrons. The minimum atomic E-state index is -0.555. The summed E-state index contributed by atoms with van der Waals surface area (Å²) in [6.07, 6.45) is 0. The molecular weight excluding hydrogens is 338 g/mol. The number of para-hydroxylation sites is 1. The van der Waals surface area contributed by atoms with Crippen molar-refractivity contribution in [2.45, 2.75) is 19.9 Å². The number of aryl methyl sites for hydroxylation is 1. The van der Waals surface area contributed by atoms with Gasteiger partial charge in [-0.15, -0.1) is 0 Å². The Morgan fingerprint density at radius 1 is 1.35 bits per heavy atom. The molecule has 0 unspecified atom stereocenters. The fourth-order valence-electron chi connectivity index (χ4n) is 2.81. The van der Waals surface area contributed by atoms with Gasteiger partial charge in [-0.25, -0.2) is 0 Å². The third-order valence-corrected chi connectivity index (χ3v) is 4.15. The molecular formula is C18H17N3O5. The molecule has 0 aromatic heterocycles. The van der Waals surface area contributed by atoms with E-state index in [1.54, 1.807) is 44.2 Å². The van der Waals surface area contributed by atoms with Gasteiger partial charge in [-0.1, -0.05) is 18.2 Å². The highest BCUT2D eigenvalue weighted by Gasteiger charge is 2.24. The van der Waals surface area contributed by atoms with Crippen LogP contribution in [0.2, 0.25) is 0 Å². The van der Waals surface area contributed by atoms with Crippen molar-refractivity contribution in [3.05, 3.63) is 63.2 Å². The molecule has 0 spiro atoms. The number of benzene rings is 2. The summed E-state index contributed by atoms with van der Waals surface area (Å²) in [6.45, 7) is 3.31. The molecule has 8 heteroatoms. The molecule has 8 nitrogen and oxygen atoms in total. The second kappa shape index (κ2) is 6.83. The monoisotopic (exact) mass is 355 g/mol. The summed E-state index contributed by atoms with van der Waals surface area (Å²) in [5.41, 5.74) is 1.49. The van der Waals surface area contributed by atoms with Crippen LogP contribution in [0.1, 0.15) is 34.5 Å². The molecule has 0 fully saturated rings. The minimum Gasteiger partial charge on any atom is -0.482 e. The summed E-state index contributed by atoms with van der Waals surface area (Å²) in [4.78, 5) is 34.7. The number of nitro benzene ring substituents is 1. The fourth-order valence-corrected chi connectivity index (χ4v) is 2.81. The number of ether oxygens (including phenoxy) is 1. The van der Waals surface area contributed by atoms with Crippen LogP contribution in [-0.4, -0.2) is 23.3 Å². The Labute approximate surface area is 149 Å². The van der Waals surface area contributed by atoms with E-state index < -0.39 is 16.9 Å². The Hall–Kier alpha value is -3.42. The number of carbonyl (C=O) groups excluding carboxylic acids is 2. The van der Waals surface area contributed by atoms with Crippen LogP contribution in [0.15, 0.2) is 36.4 Å². The van der Waals surface area contributed by atoms with Crippen molar-refractivity contribution in [3.8, 4) is 5.75 Å². The maximum absolute atomic E-state index is 12.5. The average Bonchev–Trinajstić information content (AvgIpc) is 2.60. The molecule has 0 bridgehead atoms. The number of hydrogen-bond acceptors (Lipinski definition) is 5. The predicted molar refractivity (Wildman–Crippen MR) is 94.3 cm³/mol. The first-order valence-electron chi connectivity index (χ1n) is 7.98. The number of nitrogens with zero attached hydrogens (tertiary/aromatic N) is 1. The standard InChI is InChI=1S/C18H17N3O5/c1-10-4-3-5-13(17(10)21(24)25)18(23)19-11(2)12-6-7-15-14(8-12)20-16(22)9-26-15/h3-8,11H,9H2,1-2H3,(H,19,23)(H,20,22)/t11-/m0/s1. The topological polar surface area (TPSA) is 111 Å². The quantitative estimate of drug-likeness (QED) is 0.647. The number of hydrogen-bond donors (Lipinski definition) is 2. The van der Waals surface area contributed by atoms with Gasteiger partial charge in [0.25, 0.3) is 17.5 Å². The van der Waals surface area contributed by atoms with Crippen molar-refractivity contribution in [2.75, 3.05) is 11.9 Å². The van der Waals surface area contributed by atoms with Gasteiger partial charge in [0.05, 0.1) is 16.7 Å². The number of amides is 2. The van der Waals surface area contributed by atoms with E-state index in [0.717, 1.165) is 5.56 Å². The lowest BCUT2D eigenvalue weighted by atomic mass is 10.0. The highest BCUT2D eigenvalue weighted by molar-refractivity contribution is 5.99. The smallest absolute Gasteiger partial charge is 0.285 e. The van der Waals surface area contributed by atoms with Gasteiger partial charge < -0.3 is 15.4 Å². The molecule has 1 aliphatic rings. The molecule has 26 heavy (non-hydrogen) atoms. The van der Waals surface area contributed by atoms with Gasteiger partial charge in [0.1, 0.15) is 11.3 Å². The first kappa shape index (κ1) is 17.4. The normalized spacial score (nSPS) is 13.8. The summed E-state index contributed by atoms with van der Waals surface area (Å²) >= 11 is 0. The SMILES string of the molecule is Cc1cccc(C(=O)N[C@@H](C)c2ccc3c(c2)NC(=O)CO3)c1[N+](=O)[O-]. The molecule has 134 valence electrons. The Kier molecular flexibility index (Phi) is 4.57. The first-order chi connectivity index (χ1) is 12.4. The molecule has 2 amide bonds. The average molecular weight is 355 g/mol. The van der Waals surface area contributed by atoms with E-state index in [0.29, 0.717) is 17.0 Å². The van der Waals surface area contributed by atoms with E-state index in [1.165, 1.54) is 6.07 Å². The summed E-state index contributed by atoms with van der Waals surface area (Å²) < 4.78 is 5.30. The van der Waals surface area contributed by atoms with E-state index in [-0.39, 0.29) is 23.8 Å². The summed E-state index contributed by atoms with van der Waals surface area (Å²) in [5, 5.41) is 16.7. The zero-order valence-corrected chi connectivity index (χ0v) is 14.2. The van der Waals surface area contributed by atoms with Crippen LogP contribution in [0.25, 0.3) is 0 Å². The minimum absolute atomic E-state index is 0.0106. The fraction of sp³-hybridized carbons (Fsp3) is 0.222. The zero-order chi connectivity index (χ0) is 18.8. The number of nitro groups is 1. The number of rotatable bonds is 4. The lowest BCUT2D eigenvalue weighted by Gasteiger charge is -2.21. The van der Waals surface area contributed by atoms with E-state index in [2.05, 4.69) is 10.6 Å². The number of carbonyl (C=O) groups is 2. The van der Waals surface area contributed by atoms with Crippen LogP contribution in [0.3, 0.4) is 0 Å². The first-order valence-corrected chi connectivity index (χ1v) is 7.98. The van der Waals surface area contributed by atoms with Crippen molar-refractivity contribution in [2.24, 2.45) is 0 Å².